The molecule has 1 aromatic heterocycles. The number of hydrogen-bond donors (Lipinski definition) is 2. The third-order valence-electron chi connectivity index (χ3n) is 3.95. The van der Waals surface area contributed by atoms with E-state index >= 15 is 0 Å². The van der Waals surface area contributed by atoms with Gasteiger partial charge < -0.3 is 15.4 Å². The van der Waals surface area contributed by atoms with Crippen molar-refractivity contribution in [2.75, 3.05) is 13.7 Å². The molecular weight excluding hydrogens is 483 g/mol. The van der Waals surface area contributed by atoms with Gasteiger partial charge in [-0.2, -0.15) is 0 Å². The SMILES string of the molecule is CCNC(=NCc1ccccc1OC)NCc1csc(-c2ccccc2)n1.I. The van der Waals surface area contributed by atoms with E-state index in [0.717, 1.165) is 40.1 Å². The highest BCUT2D eigenvalue weighted by atomic mass is 127. The van der Waals surface area contributed by atoms with E-state index in [2.05, 4.69) is 40.1 Å². The van der Waals surface area contributed by atoms with Crippen LogP contribution in [0.25, 0.3) is 10.6 Å². The van der Waals surface area contributed by atoms with Crippen LogP contribution in [0, 0.1) is 0 Å². The first kappa shape index (κ1) is 22.2. The van der Waals surface area contributed by atoms with Crippen LogP contribution in [0.5, 0.6) is 5.75 Å². The minimum Gasteiger partial charge on any atom is -0.496 e. The number of nitrogens with zero attached hydrogens (tertiary/aromatic N) is 2. The summed E-state index contributed by atoms with van der Waals surface area (Å²) in [5, 5.41) is 9.74. The van der Waals surface area contributed by atoms with Crippen LogP contribution in [0.15, 0.2) is 65.0 Å². The van der Waals surface area contributed by atoms with Crippen molar-refractivity contribution in [3.05, 3.63) is 71.2 Å². The first-order valence-electron chi connectivity index (χ1n) is 8.94. The molecule has 28 heavy (non-hydrogen) atoms. The van der Waals surface area contributed by atoms with Crippen LogP contribution < -0.4 is 15.4 Å². The van der Waals surface area contributed by atoms with Gasteiger partial charge in [-0.05, 0) is 13.0 Å². The number of benzene rings is 2. The second-order valence-electron chi connectivity index (χ2n) is 5.87. The fourth-order valence-electron chi connectivity index (χ4n) is 2.62. The van der Waals surface area contributed by atoms with Crippen LogP contribution in [0.3, 0.4) is 0 Å². The number of guanidine groups is 1. The smallest absolute Gasteiger partial charge is 0.191 e. The Morgan fingerprint density at radius 3 is 2.57 bits per heavy atom. The molecule has 7 heteroatoms. The van der Waals surface area contributed by atoms with E-state index < -0.39 is 0 Å². The van der Waals surface area contributed by atoms with Crippen LogP contribution >= 0.6 is 35.3 Å². The Kier molecular flexibility index (Phi) is 9.22. The highest BCUT2D eigenvalue weighted by molar-refractivity contribution is 14.0. The summed E-state index contributed by atoms with van der Waals surface area (Å²) in [5.41, 5.74) is 3.20. The molecule has 2 aromatic carbocycles. The van der Waals surface area contributed by atoms with Gasteiger partial charge in [0.1, 0.15) is 10.8 Å². The lowest BCUT2D eigenvalue weighted by Gasteiger charge is -2.11. The molecule has 0 amide bonds. The molecule has 0 saturated carbocycles. The molecular formula is C21H25IN4OS. The average Bonchev–Trinajstić information content (AvgIpc) is 3.20. The first-order valence-corrected chi connectivity index (χ1v) is 9.82. The van der Waals surface area contributed by atoms with Crippen LogP contribution in [-0.4, -0.2) is 24.6 Å². The molecule has 3 aromatic rings. The number of rotatable bonds is 7. The second-order valence-corrected chi connectivity index (χ2v) is 6.73. The molecule has 0 spiro atoms. The highest BCUT2D eigenvalue weighted by Crippen LogP contribution is 2.23. The Labute approximate surface area is 187 Å². The maximum atomic E-state index is 5.39. The van der Waals surface area contributed by atoms with Crippen LogP contribution in [0.1, 0.15) is 18.2 Å². The van der Waals surface area contributed by atoms with Crippen LogP contribution in [0.2, 0.25) is 0 Å². The summed E-state index contributed by atoms with van der Waals surface area (Å²) >= 11 is 1.65. The topological polar surface area (TPSA) is 58.5 Å². The fraction of sp³-hybridized carbons (Fsp3) is 0.238. The van der Waals surface area contributed by atoms with Gasteiger partial charge in [0.15, 0.2) is 5.96 Å². The van der Waals surface area contributed by atoms with Crippen LogP contribution in [0.4, 0.5) is 0 Å². The van der Waals surface area contributed by atoms with Gasteiger partial charge in [-0.25, -0.2) is 9.98 Å². The molecule has 2 N–H and O–H groups in total. The standard InChI is InChI=1S/C21H24N4OS.HI/c1-3-22-21(23-13-17-11-7-8-12-19(17)26-2)24-14-18-15-27-20(25-18)16-9-5-4-6-10-16;/h4-12,15H,3,13-14H2,1-2H3,(H2,22,23,24);1H. The quantitative estimate of drug-likeness (QED) is 0.276. The predicted molar refractivity (Wildman–Crippen MR) is 128 cm³/mol. The third-order valence-corrected chi connectivity index (χ3v) is 4.89. The molecule has 0 saturated heterocycles. The number of nitrogens with one attached hydrogen (secondary N) is 2. The van der Waals surface area contributed by atoms with Crippen molar-refractivity contribution < 1.29 is 4.74 Å². The van der Waals surface area contributed by atoms with Gasteiger partial charge >= 0.3 is 0 Å². The van der Waals surface area contributed by atoms with Crippen molar-refractivity contribution in [1.29, 1.82) is 0 Å². The molecule has 0 radical (unpaired) electrons. The zero-order valence-corrected chi connectivity index (χ0v) is 19.2. The number of para-hydroxylation sites is 1. The summed E-state index contributed by atoms with van der Waals surface area (Å²) in [5.74, 6) is 1.61. The molecule has 0 bridgehead atoms. The zero-order chi connectivity index (χ0) is 18.9. The Morgan fingerprint density at radius 1 is 1.07 bits per heavy atom. The van der Waals surface area contributed by atoms with E-state index in [4.69, 9.17) is 9.72 Å². The minimum atomic E-state index is 0. The van der Waals surface area contributed by atoms with Crippen molar-refractivity contribution in [1.82, 2.24) is 15.6 Å². The average molecular weight is 508 g/mol. The number of hydrogen-bond acceptors (Lipinski definition) is 4. The molecule has 0 aliphatic carbocycles. The first-order chi connectivity index (χ1) is 13.3. The summed E-state index contributed by atoms with van der Waals surface area (Å²) in [6.45, 7) is 4.02. The maximum absolute atomic E-state index is 5.39. The molecule has 0 aliphatic heterocycles. The van der Waals surface area contributed by atoms with E-state index in [1.807, 2.05) is 42.5 Å². The molecule has 3 rings (SSSR count). The summed E-state index contributed by atoms with van der Waals surface area (Å²) in [4.78, 5) is 9.37. The molecule has 0 aliphatic rings. The molecule has 5 nitrogen and oxygen atoms in total. The zero-order valence-electron chi connectivity index (χ0n) is 16.0. The second kappa shape index (κ2) is 11.7. The van der Waals surface area contributed by atoms with Gasteiger partial charge in [0.05, 0.1) is 25.9 Å². The van der Waals surface area contributed by atoms with Crippen LogP contribution in [-0.2, 0) is 13.1 Å². The summed E-state index contributed by atoms with van der Waals surface area (Å²) < 4.78 is 5.39. The summed E-state index contributed by atoms with van der Waals surface area (Å²) in [6, 6.07) is 18.2. The van der Waals surface area contributed by atoms with E-state index in [9.17, 15) is 0 Å². The van der Waals surface area contributed by atoms with Gasteiger partial charge in [-0.1, -0.05) is 48.5 Å². The largest absolute Gasteiger partial charge is 0.496 e. The summed E-state index contributed by atoms with van der Waals surface area (Å²) in [6.07, 6.45) is 0. The normalized spacial score (nSPS) is 10.9. The maximum Gasteiger partial charge on any atom is 0.191 e. The third kappa shape index (κ3) is 6.20. The van der Waals surface area contributed by atoms with Crippen molar-refractivity contribution in [3.8, 4) is 16.3 Å². The van der Waals surface area contributed by atoms with Crippen molar-refractivity contribution in [2.45, 2.75) is 20.0 Å². The highest BCUT2D eigenvalue weighted by Gasteiger charge is 2.06. The Balaban J connectivity index is 0.00000280. The lowest BCUT2D eigenvalue weighted by atomic mass is 10.2. The summed E-state index contributed by atoms with van der Waals surface area (Å²) in [7, 11) is 1.68. The van der Waals surface area contributed by atoms with Gasteiger partial charge in [0.2, 0.25) is 0 Å². The molecule has 0 atom stereocenters. The number of aliphatic imine (C=N–C) groups is 1. The van der Waals surface area contributed by atoms with Crippen molar-refractivity contribution >= 4 is 41.3 Å². The Hall–Kier alpha value is -2.13. The lowest BCUT2D eigenvalue weighted by Crippen LogP contribution is -2.36. The van der Waals surface area contributed by atoms with E-state index in [0.29, 0.717) is 13.1 Å². The monoisotopic (exact) mass is 508 g/mol. The minimum absolute atomic E-state index is 0. The van der Waals surface area contributed by atoms with Gasteiger partial charge in [0.25, 0.3) is 0 Å². The van der Waals surface area contributed by atoms with E-state index in [-0.39, 0.29) is 24.0 Å². The number of ether oxygens (including phenoxy) is 1. The Morgan fingerprint density at radius 2 is 1.82 bits per heavy atom. The Bertz CT molecular complexity index is 883. The number of aromatic nitrogens is 1. The molecule has 0 unspecified atom stereocenters. The number of halogens is 1. The number of methoxy groups -OCH3 is 1. The molecule has 1 heterocycles. The predicted octanol–water partition coefficient (Wildman–Crippen LogP) is 4.69. The van der Waals surface area contributed by atoms with Gasteiger partial charge in [-0.3, -0.25) is 0 Å². The van der Waals surface area contributed by atoms with Gasteiger partial charge in [-0.15, -0.1) is 35.3 Å². The van der Waals surface area contributed by atoms with Crippen molar-refractivity contribution in [3.63, 3.8) is 0 Å². The van der Waals surface area contributed by atoms with E-state index in [1.165, 1.54) is 0 Å². The molecule has 148 valence electrons. The van der Waals surface area contributed by atoms with Gasteiger partial charge in [0, 0.05) is 23.1 Å². The fourth-order valence-corrected chi connectivity index (χ4v) is 3.44. The van der Waals surface area contributed by atoms with Crippen molar-refractivity contribution in [2.24, 2.45) is 4.99 Å². The van der Waals surface area contributed by atoms with E-state index in [1.54, 1.807) is 18.4 Å². The number of thiazole rings is 1. The molecule has 0 fully saturated rings. The lowest BCUT2D eigenvalue weighted by molar-refractivity contribution is 0.410.